The molecule has 0 aliphatic rings. The smallest absolute Gasteiger partial charge is 0.191 e. The van der Waals surface area contributed by atoms with E-state index in [-0.39, 0.29) is 5.92 Å². The van der Waals surface area contributed by atoms with Gasteiger partial charge in [-0.3, -0.25) is 4.99 Å². The Bertz CT molecular complexity index is 227. The summed E-state index contributed by atoms with van der Waals surface area (Å²) in [5.41, 5.74) is 5.74. The van der Waals surface area contributed by atoms with Crippen LogP contribution in [-0.2, 0) is 0 Å². The van der Waals surface area contributed by atoms with E-state index in [0.29, 0.717) is 18.4 Å². The van der Waals surface area contributed by atoms with Crippen LogP contribution in [0.3, 0.4) is 0 Å². The van der Waals surface area contributed by atoms with Crippen LogP contribution in [0, 0.1) is 23.2 Å². The van der Waals surface area contributed by atoms with Crippen molar-refractivity contribution in [2.24, 2.45) is 22.6 Å². The van der Waals surface area contributed by atoms with Crippen LogP contribution < -0.4 is 5.73 Å². The van der Waals surface area contributed by atoms with Crippen molar-refractivity contribution >= 4 is 5.96 Å². The average Bonchev–Trinajstić information content (AvgIpc) is 2.13. The summed E-state index contributed by atoms with van der Waals surface area (Å²) >= 11 is 0. The summed E-state index contributed by atoms with van der Waals surface area (Å²) in [6, 6.07) is 2.16. The summed E-state index contributed by atoms with van der Waals surface area (Å²) in [6.45, 7) is 7.41. The van der Waals surface area contributed by atoms with Gasteiger partial charge in [0.2, 0.25) is 0 Å². The zero-order chi connectivity index (χ0) is 11.1. The molecule has 1 atom stereocenters. The average molecular weight is 196 g/mol. The highest BCUT2D eigenvalue weighted by Crippen LogP contribution is 1.97. The van der Waals surface area contributed by atoms with Crippen LogP contribution in [0.5, 0.6) is 0 Å². The minimum absolute atomic E-state index is 0.0206. The van der Waals surface area contributed by atoms with Crippen LogP contribution in [0.25, 0.3) is 0 Å². The van der Waals surface area contributed by atoms with E-state index in [4.69, 9.17) is 11.0 Å². The Labute approximate surface area is 86.4 Å². The second kappa shape index (κ2) is 6.25. The van der Waals surface area contributed by atoms with Gasteiger partial charge in [0.25, 0.3) is 0 Å². The molecule has 0 rings (SSSR count). The van der Waals surface area contributed by atoms with E-state index in [1.807, 2.05) is 18.9 Å². The number of hydrogen-bond donors (Lipinski definition) is 1. The number of hydrogen-bond acceptors (Lipinski definition) is 2. The molecule has 0 spiro atoms. The molecule has 0 aliphatic heterocycles. The maximum atomic E-state index is 8.63. The summed E-state index contributed by atoms with van der Waals surface area (Å²) in [5, 5.41) is 8.63. The molecule has 0 heterocycles. The van der Waals surface area contributed by atoms with Crippen molar-refractivity contribution in [2.75, 3.05) is 20.1 Å². The number of rotatable bonds is 4. The van der Waals surface area contributed by atoms with Crippen LogP contribution in [0.1, 0.15) is 20.8 Å². The van der Waals surface area contributed by atoms with Crippen molar-refractivity contribution in [3.8, 4) is 6.07 Å². The van der Waals surface area contributed by atoms with E-state index >= 15 is 0 Å². The summed E-state index contributed by atoms with van der Waals surface area (Å²) in [7, 11) is 1.85. The van der Waals surface area contributed by atoms with Crippen molar-refractivity contribution < 1.29 is 0 Å². The fraction of sp³-hybridized carbons (Fsp3) is 0.800. The molecule has 0 bridgehead atoms. The van der Waals surface area contributed by atoms with E-state index in [2.05, 4.69) is 24.9 Å². The van der Waals surface area contributed by atoms with Crippen LogP contribution in [0.2, 0.25) is 0 Å². The first-order chi connectivity index (χ1) is 6.47. The fourth-order valence-electron chi connectivity index (χ4n) is 0.942. The fourth-order valence-corrected chi connectivity index (χ4v) is 0.942. The van der Waals surface area contributed by atoms with Crippen molar-refractivity contribution in [1.82, 2.24) is 4.90 Å². The minimum atomic E-state index is -0.0206. The molecule has 0 saturated carbocycles. The molecule has 0 amide bonds. The highest BCUT2D eigenvalue weighted by molar-refractivity contribution is 5.77. The van der Waals surface area contributed by atoms with Crippen molar-refractivity contribution in [1.29, 1.82) is 5.26 Å². The van der Waals surface area contributed by atoms with Gasteiger partial charge in [0.1, 0.15) is 0 Å². The van der Waals surface area contributed by atoms with Crippen LogP contribution >= 0.6 is 0 Å². The predicted octanol–water partition coefficient (Wildman–Crippen LogP) is 1.05. The van der Waals surface area contributed by atoms with Gasteiger partial charge < -0.3 is 10.6 Å². The lowest BCUT2D eigenvalue weighted by molar-refractivity contribution is 0.446. The molecule has 0 fully saturated rings. The quantitative estimate of drug-likeness (QED) is 0.540. The van der Waals surface area contributed by atoms with Gasteiger partial charge in [0, 0.05) is 20.1 Å². The largest absolute Gasteiger partial charge is 0.370 e. The van der Waals surface area contributed by atoms with Crippen molar-refractivity contribution in [3.05, 3.63) is 0 Å². The second-order valence-electron chi connectivity index (χ2n) is 4.00. The lowest BCUT2D eigenvalue weighted by atomic mass is 10.2. The van der Waals surface area contributed by atoms with Crippen molar-refractivity contribution in [3.63, 3.8) is 0 Å². The van der Waals surface area contributed by atoms with Crippen LogP contribution in [-0.4, -0.2) is 31.0 Å². The highest BCUT2D eigenvalue weighted by atomic mass is 15.2. The van der Waals surface area contributed by atoms with Crippen LogP contribution in [0.15, 0.2) is 4.99 Å². The molecule has 0 aliphatic carbocycles. The molecule has 0 aromatic carbocycles. The monoisotopic (exact) mass is 196 g/mol. The van der Waals surface area contributed by atoms with Gasteiger partial charge in [-0.2, -0.15) is 5.26 Å². The molecule has 1 unspecified atom stereocenters. The standard InChI is InChI=1S/C10H20N4/c1-8(2)6-13-10(12)14(4)7-9(3)5-11/h8-9H,6-7H2,1-4H3,(H2,12,13). The Hall–Kier alpha value is -1.24. The van der Waals surface area contributed by atoms with Gasteiger partial charge in [0.05, 0.1) is 12.0 Å². The minimum Gasteiger partial charge on any atom is -0.370 e. The third kappa shape index (κ3) is 5.41. The molecule has 2 N–H and O–H groups in total. The molecular weight excluding hydrogens is 176 g/mol. The molecular formula is C10H20N4. The van der Waals surface area contributed by atoms with Crippen LogP contribution in [0.4, 0.5) is 0 Å². The first-order valence-electron chi connectivity index (χ1n) is 4.88. The third-order valence-corrected chi connectivity index (χ3v) is 1.78. The number of nitrogens with two attached hydrogens (primary N) is 1. The predicted molar refractivity (Wildman–Crippen MR) is 58.7 cm³/mol. The molecule has 0 aromatic rings. The topological polar surface area (TPSA) is 65.4 Å². The van der Waals surface area contributed by atoms with Gasteiger partial charge in [-0.1, -0.05) is 13.8 Å². The number of nitriles is 1. The lowest BCUT2D eigenvalue weighted by Crippen LogP contribution is -2.37. The number of nitrogens with zero attached hydrogens (tertiary/aromatic N) is 3. The zero-order valence-electron chi connectivity index (χ0n) is 9.49. The van der Waals surface area contributed by atoms with E-state index in [9.17, 15) is 0 Å². The van der Waals surface area contributed by atoms with E-state index < -0.39 is 0 Å². The molecule has 0 saturated heterocycles. The Morgan fingerprint density at radius 3 is 2.50 bits per heavy atom. The first kappa shape index (κ1) is 12.8. The third-order valence-electron chi connectivity index (χ3n) is 1.78. The Balaban J connectivity index is 4.05. The molecule has 14 heavy (non-hydrogen) atoms. The molecule has 0 aromatic heterocycles. The number of guanidine groups is 1. The Kier molecular flexibility index (Phi) is 5.70. The van der Waals surface area contributed by atoms with E-state index in [1.165, 1.54) is 0 Å². The van der Waals surface area contributed by atoms with Gasteiger partial charge in [-0.25, -0.2) is 0 Å². The second-order valence-corrected chi connectivity index (χ2v) is 4.00. The summed E-state index contributed by atoms with van der Waals surface area (Å²) in [5.74, 6) is 1.00. The Morgan fingerprint density at radius 2 is 2.07 bits per heavy atom. The van der Waals surface area contributed by atoms with Gasteiger partial charge >= 0.3 is 0 Å². The maximum absolute atomic E-state index is 8.63. The number of aliphatic imine (C=N–C) groups is 1. The summed E-state index contributed by atoms with van der Waals surface area (Å²) in [4.78, 5) is 6.04. The Morgan fingerprint density at radius 1 is 1.50 bits per heavy atom. The molecule has 4 nitrogen and oxygen atoms in total. The van der Waals surface area contributed by atoms with Gasteiger partial charge in [-0.05, 0) is 12.8 Å². The first-order valence-corrected chi connectivity index (χ1v) is 4.88. The molecule has 0 radical (unpaired) electrons. The lowest BCUT2D eigenvalue weighted by Gasteiger charge is -2.19. The maximum Gasteiger partial charge on any atom is 0.191 e. The molecule has 80 valence electrons. The van der Waals surface area contributed by atoms with Gasteiger partial charge in [0.15, 0.2) is 5.96 Å². The highest BCUT2D eigenvalue weighted by Gasteiger charge is 2.06. The SMILES string of the molecule is CC(C)CN=C(N)N(C)CC(C)C#N. The van der Waals surface area contributed by atoms with Crippen molar-refractivity contribution in [2.45, 2.75) is 20.8 Å². The van der Waals surface area contributed by atoms with E-state index in [1.54, 1.807) is 0 Å². The van der Waals surface area contributed by atoms with Gasteiger partial charge in [-0.15, -0.1) is 0 Å². The zero-order valence-corrected chi connectivity index (χ0v) is 9.49. The normalized spacial score (nSPS) is 13.9. The molecule has 4 heteroatoms. The summed E-state index contributed by atoms with van der Waals surface area (Å²) in [6.07, 6.45) is 0. The van der Waals surface area contributed by atoms with E-state index in [0.717, 1.165) is 6.54 Å². The summed E-state index contributed by atoms with van der Waals surface area (Å²) < 4.78 is 0.